The second-order valence-electron chi connectivity index (χ2n) is 5.52. The maximum Gasteiger partial charge on any atom is 0.0524 e. The van der Waals surface area contributed by atoms with Crippen LogP contribution in [-0.4, -0.2) is 33.8 Å². The Labute approximate surface area is 110 Å². The Bertz CT molecular complexity index is 350. The molecule has 0 bridgehead atoms. The number of piperidine rings is 1. The molecule has 2 rings (SSSR count). The first-order valence-electron chi connectivity index (χ1n) is 7.19. The fraction of sp³-hybridized carbons (Fsp3) is 0.786. The van der Waals surface area contributed by atoms with Crippen molar-refractivity contribution in [2.45, 2.75) is 52.2 Å². The molecule has 2 N–H and O–H groups in total. The van der Waals surface area contributed by atoms with Crippen LogP contribution in [0.4, 0.5) is 0 Å². The van der Waals surface area contributed by atoms with Crippen LogP contribution in [0.3, 0.4) is 0 Å². The third kappa shape index (κ3) is 3.33. The first kappa shape index (κ1) is 13.6. The Morgan fingerprint density at radius 1 is 1.44 bits per heavy atom. The molecule has 1 aliphatic heterocycles. The highest BCUT2D eigenvalue weighted by Gasteiger charge is 2.22. The van der Waals surface area contributed by atoms with Gasteiger partial charge in [-0.3, -0.25) is 9.58 Å². The minimum absolute atomic E-state index is 0.345. The Hall–Kier alpha value is -0.870. The predicted molar refractivity (Wildman–Crippen MR) is 74.2 cm³/mol. The number of likely N-dealkylation sites (tertiary alicyclic amines) is 1. The summed E-state index contributed by atoms with van der Waals surface area (Å²) in [5.41, 5.74) is 7.32. The standard InChI is InChI=1S/C14H26N4/c1-3-8-18-14(4-7-16-18)11-17-9-5-13(6-10-17)12(2)15/h4,7,12-13H,3,5-6,8-11,15H2,1-2H3. The summed E-state index contributed by atoms with van der Waals surface area (Å²) in [6, 6.07) is 2.49. The highest BCUT2D eigenvalue weighted by atomic mass is 15.3. The highest BCUT2D eigenvalue weighted by Crippen LogP contribution is 2.20. The van der Waals surface area contributed by atoms with Crippen molar-refractivity contribution in [1.82, 2.24) is 14.7 Å². The molecule has 0 amide bonds. The molecule has 1 fully saturated rings. The number of rotatable bonds is 5. The van der Waals surface area contributed by atoms with Gasteiger partial charge in [0.2, 0.25) is 0 Å². The third-order valence-corrected chi connectivity index (χ3v) is 4.00. The van der Waals surface area contributed by atoms with Crippen LogP contribution in [0.25, 0.3) is 0 Å². The van der Waals surface area contributed by atoms with Crippen LogP contribution in [0, 0.1) is 5.92 Å². The number of nitrogens with two attached hydrogens (primary N) is 1. The number of hydrogen-bond acceptors (Lipinski definition) is 3. The minimum atomic E-state index is 0.345. The molecule has 1 saturated heterocycles. The molecule has 4 nitrogen and oxygen atoms in total. The van der Waals surface area contributed by atoms with E-state index in [0.29, 0.717) is 12.0 Å². The van der Waals surface area contributed by atoms with E-state index in [1.54, 1.807) is 0 Å². The van der Waals surface area contributed by atoms with E-state index in [1.807, 2.05) is 6.20 Å². The van der Waals surface area contributed by atoms with Crippen molar-refractivity contribution in [2.24, 2.45) is 11.7 Å². The molecule has 2 heterocycles. The van der Waals surface area contributed by atoms with Crippen molar-refractivity contribution in [3.05, 3.63) is 18.0 Å². The average Bonchev–Trinajstić information content (AvgIpc) is 2.78. The Kier molecular flexibility index (Phi) is 4.78. The summed E-state index contributed by atoms with van der Waals surface area (Å²) in [4.78, 5) is 2.53. The average molecular weight is 250 g/mol. The molecule has 0 aromatic carbocycles. The summed E-state index contributed by atoms with van der Waals surface area (Å²) in [5, 5.41) is 4.38. The lowest BCUT2D eigenvalue weighted by Gasteiger charge is -2.33. The lowest BCUT2D eigenvalue weighted by atomic mass is 9.91. The third-order valence-electron chi connectivity index (χ3n) is 4.00. The lowest BCUT2D eigenvalue weighted by molar-refractivity contribution is 0.162. The molecule has 1 atom stereocenters. The van der Waals surface area contributed by atoms with Crippen LogP contribution in [0.5, 0.6) is 0 Å². The van der Waals surface area contributed by atoms with Crippen molar-refractivity contribution < 1.29 is 0 Å². The van der Waals surface area contributed by atoms with Crippen molar-refractivity contribution >= 4 is 0 Å². The van der Waals surface area contributed by atoms with Crippen LogP contribution in [0.15, 0.2) is 12.3 Å². The highest BCUT2D eigenvalue weighted by molar-refractivity contribution is 5.00. The Morgan fingerprint density at radius 3 is 2.78 bits per heavy atom. The van der Waals surface area contributed by atoms with Crippen molar-refractivity contribution in [3.63, 3.8) is 0 Å². The molecule has 1 aromatic heterocycles. The van der Waals surface area contributed by atoms with E-state index in [9.17, 15) is 0 Å². The van der Waals surface area contributed by atoms with Crippen molar-refractivity contribution in [2.75, 3.05) is 13.1 Å². The topological polar surface area (TPSA) is 47.1 Å². The quantitative estimate of drug-likeness (QED) is 0.867. The Morgan fingerprint density at radius 2 is 2.17 bits per heavy atom. The molecular formula is C14H26N4. The van der Waals surface area contributed by atoms with Gasteiger partial charge < -0.3 is 5.73 Å². The normalized spacial score (nSPS) is 20.2. The van der Waals surface area contributed by atoms with Gasteiger partial charge in [-0.25, -0.2) is 0 Å². The molecule has 0 saturated carbocycles. The molecule has 102 valence electrons. The first-order valence-corrected chi connectivity index (χ1v) is 7.19. The largest absolute Gasteiger partial charge is 0.328 e. The predicted octanol–water partition coefficient (Wildman–Crippen LogP) is 1.85. The molecule has 1 aliphatic rings. The molecular weight excluding hydrogens is 224 g/mol. The second kappa shape index (κ2) is 6.34. The van der Waals surface area contributed by atoms with Gasteiger partial charge in [0.25, 0.3) is 0 Å². The summed E-state index contributed by atoms with van der Waals surface area (Å²) in [6.45, 7) is 8.73. The lowest BCUT2D eigenvalue weighted by Crippen LogP contribution is -2.39. The van der Waals surface area contributed by atoms with Gasteiger partial charge >= 0.3 is 0 Å². The molecule has 0 spiro atoms. The maximum atomic E-state index is 5.98. The monoisotopic (exact) mass is 250 g/mol. The fourth-order valence-electron chi connectivity index (χ4n) is 2.77. The second-order valence-corrected chi connectivity index (χ2v) is 5.52. The van der Waals surface area contributed by atoms with Crippen LogP contribution in [0.1, 0.15) is 38.8 Å². The van der Waals surface area contributed by atoms with Gasteiger partial charge in [0.15, 0.2) is 0 Å². The van der Waals surface area contributed by atoms with Gasteiger partial charge in [0.05, 0.1) is 5.69 Å². The van der Waals surface area contributed by atoms with Gasteiger partial charge in [-0.2, -0.15) is 5.10 Å². The SMILES string of the molecule is CCCn1nccc1CN1CCC(C(C)N)CC1. The molecule has 4 heteroatoms. The fourth-order valence-corrected chi connectivity index (χ4v) is 2.77. The first-order chi connectivity index (χ1) is 8.70. The zero-order chi connectivity index (χ0) is 13.0. The number of aromatic nitrogens is 2. The van der Waals surface area contributed by atoms with Gasteiger partial charge in [-0.05, 0) is 51.3 Å². The summed E-state index contributed by atoms with van der Waals surface area (Å²) >= 11 is 0. The molecule has 1 unspecified atom stereocenters. The maximum absolute atomic E-state index is 5.98. The zero-order valence-corrected chi connectivity index (χ0v) is 11.7. The van der Waals surface area contributed by atoms with Gasteiger partial charge in [0.1, 0.15) is 0 Å². The summed E-state index contributed by atoms with van der Waals surface area (Å²) in [5.74, 6) is 0.710. The summed E-state index contributed by atoms with van der Waals surface area (Å²) in [7, 11) is 0. The van der Waals surface area contributed by atoms with E-state index >= 15 is 0 Å². The smallest absolute Gasteiger partial charge is 0.0524 e. The minimum Gasteiger partial charge on any atom is -0.328 e. The zero-order valence-electron chi connectivity index (χ0n) is 11.7. The van der Waals surface area contributed by atoms with E-state index < -0.39 is 0 Å². The number of aryl methyl sites for hydroxylation is 1. The van der Waals surface area contributed by atoms with Crippen LogP contribution >= 0.6 is 0 Å². The summed E-state index contributed by atoms with van der Waals surface area (Å²) in [6.07, 6.45) is 5.53. The number of hydrogen-bond donors (Lipinski definition) is 1. The van der Waals surface area contributed by atoms with Gasteiger partial charge in [-0.1, -0.05) is 6.92 Å². The van der Waals surface area contributed by atoms with E-state index in [-0.39, 0.29) is 0 Å². The van der Waals surface area contributed by atoms with Crippen LogP contribution < -0.4 is 5.73 Å². The molecule has 0 radical (unpaired) electrons. The molecule has 0 aliphatic carbocycles. The van der Waals surface area contributed by atoms with Crippen LogP contribution in [-0.2, 0) is 13.1 Å². The Balaban J connectivity index is 1.85. The van der Waals surface area contributed by atoms with Crippen molar-refractivity contribution in [3.8, 4) is 0 Å². The van der Waals surface area contributed by atoms with Gasteiger partial charge in [0, 0.05) is 25.3 Å². The number of nitrogens with zero attached hydrogens (tertiary/aromatic N) is 3. The van der Waals surface area contributed by atoms with E-state index in [0.717, 1.165) is 19.5 Å². The van der Waals surface area contributed by atoms with Crippen LogP contribution in [0.2, 0.25) is 0 Å². The van der Waals surface area contributed by atoms with Crippen molar-refractivity contribution in [1.29, 1.82) is 0 Å². The van der Waals surface area contributed by atoms with E-state index in [2.05, 4.69) is 34.6 Å². The molecule has 18 heavy (non-hydrogen) atoms. The van der Waals surface area contributed by atoms with Gasteiger partial charge in [-0.15, -0.1) is 0 Å². The van der Waals surface area contributed by atoms with E-state index in [4.69, 9.17) is 5.73 Å². The summed E-state index contributed by atoms with van der Waals surface area (Å²) < 4.78 is 2.14. The van der Waals surface area contributed by atoms with E-state index in [1.165, 1.54) is 31.6 Å². The molecule has 1 aromatic rings.